The molecule has 1 aliphatic carbocycles. The molecule has 0 radical (unpaired) electrons. The van der Waals surface area contributed by atoms with Gasteiger partial charge >= 0.3 is 0 Å². The molecule has 3 nitrogen and oxygen atoms in total. The molecular formula is C8H6N2O. The van der Waals surface area contributed by atoms with Crippen LogP contribution in [0, 0.1) is 0 Å². The molecule has 0 saturated heterocycles. The lowest BCUT2D eigenvalue weighted by Crippen LogP contribution is -2.12. The Morgan fingerprint density at radius 1 is 1.45 bits per heavy atom. The first-order valence-corrected chi connectivity index (χ1v) is 3.39. The fourth-order valence-corrected chi connectivity index (χ4v) is 1.05. The number of aliphatic imine (C=N–C) groups is 2. The average Bonchev–Trinajstić information content (AvgIpc) is 2.04. The number of nitrogens with zero attached hydrogens (tertiary/aromatic N) is 2. The third-order valence-corrected chi connectivity index (χ3v) is 1.56. The lowest BCUT2D eigenvalue weighted by atomic mass is 10.1. The van der Waals surface area contributed by atoms with Crippen molar-refractivity contribution in [3.05, 3.63) is 23.9 Å². The molecule has 11 heavy (non-hydrogen) atoms. The molecule has 0 saturated carbocycles. The van der Waals surface area contributed by atoms with E-state index < -0.39 is 0 Å². The van der Waals surface area contributed by atoms with Crippen LogP contribution in [-0.4, -0.2) is 17.8 Å². The van der Waals surface area contributed by atoms with E-state index >= 15 is 0 Å². The van der Waals surface area contributed by atoms with Gasteiger partial charge in [-0.15, -0.1) is 0 Å². The van der Waals surface area contributed by atoms with E-state index in [4.69, 9.17) is 0 Å². The summed E-state index contributed by atoms with van der Waals surface area (Å²) in [6, 6.07) is 0. The van der Waals surface area contributed by atoms with Gasteiger partial charge < -0.3 is 0 Å². The molecule has 2 aliphatic rings. The van der Waals surface area contributed by atoms with Crippen molar-refractivity contribution in [2.24, 2.45) is 9.98 Å². The number of allylic oxidation sites excluding steroid dienone is 4. The summed E-state index contributed by atoms with van der Waals surface area (Å²) in [6.45, 7) is 0. The molecule has 1 heterocycles. The number of amides is 1. The topological polar surface area (TPSA) is 41.8 Å². The van der Waals surface area contributed by atoms with Crippen LogP contribution in [0.5, 0.6) is 0 Å². The highest BCUT2D eigenvalue weighted by Gasteiger charge is 2.12. The van der Waals surface area contributed by atoms with Gasteiger partial charge in [0.25, 0.3) is 5.91 Å². The molecule has 0 N–H and O–H groups in total. The van der Waals surface area contributed by atoms with Crippen molar-refractivity contribution in [3.63, 3.8) is 0 Å². The van der Waals surface area contributed by atoms with Crippen LogP contribution in [0.1, 0.15) is 6.42 Å². The Labute approximate surface area is 63.9 Å². The Bertz CT molecular complexity index is 321. The molecule has 0 fully saturated rings. The summed E-state index contributed by atoms with van der Waals surface area (Å²) in [6.07, 6.45) is 7.69. The molecule has 54 valence electrons. The van der Waals surface area contributed by atoms with Crippen molar-refractivity contribution in [1.29, 1.82) is 0 Å². The van der Waals surface area contributed by atoms with Crippen LogP contribution < -0.4 is 0 Å². The SMILES string of the molecule is O=C1C=NC2=CC=CCC2=N1. The molecule has 3 heteroatoms. The molecule has 0 spiro atoms. The first-order valence-electron chi connectivity index (χ1n) is 3.39. The maximum Gasteiger partial charge on any atom is 0.288 e. The number of fused-ring (bicyclic) bond motifs is 1. The van der Waals surface area contributed by atoms with Gasteiger partial charge in [0.15, 0.2) is 0 Å². The Morgan fingerprint density at radius 2 is 2.36 bits per heavy atom. The van der Waals surface area contributed by atoms with Gasteiger partial charge in [-0.3, -0.25) is 4.79 Å². The summed E-state index contributed by atoms with van der Waals surface area (Å²) < 4.78 is 0. The number of carbonyl (C=O) groups excluding carboxylic acids is 1. The van der Waals surface area contributed by atoms with Crippen molar-refractivity contribution >= 4 is 17.8 Å². The largest absolute Gasteiger partial charge is 0.288 e. The summed E-state index contributed by atoms with van der Waals surface area (Å²) in [5.74, 6) is -0.257. The van der Waals surface area contributed by atoms with Crippen LogP contribution in [0.4, 0.5) is 0 Å². The van der Waals surface area contributed by atoms with E-state index in [1.807, 2.05) is 18.2 Å². The van der Waals surface area contributed by atoms with Crippen molar-refractivity contribution in [3.8, 4) is 0 Å². The molecule has 0 atom stereocenters. The maximum absolute atomic E-state index is 10.7. The smallest absolute Gasteiger partial charge is 0.266 e. The number of carbonyl (C=O) groups is 1. The minimum atomic E-state index is -0.257. The van der Waals surface area contributed by atoms with Crippen molar-refractivity contribution in [2.75, 3.05) is 0 Å². The molecule has 0 aromatic rings. The van der Waals surface area contributed by atoms with E-state index in [2.05, 4.69) is 9.98 Å². The highest BCUT2D eigenvalue weighted by atomic mass is 16.1. The van der Waals surface area contributed by atoms with E-state index in [9.17, 15) is 4.79 Å². The summed E-state index contributed by atoms with van der Waals surface area (Å²) in [7, 11) is 0. The van der Waals surface area contributed by atoms with E-state index in [0.29, 0.717) is 0 Å². The van der Waals surface area contributed by atoms with Gasteiger partial charge in [-0.05, 0) is 6.08 Å². The summed E-state index contributed by atoms with van der Waals surface area (Å²) in [4.78, 5) is 18.5. The zero-order chi connectivity index (χ0) is 7.68. The molecule has 0 unspecified atom stereocenters. The van der Waals surface area contributed by atoms with E-state index in [0.717, 1.165) is 17.8 Å². The standard InChI is InChI=1S/C8H6N2O/c11-8-5-9-6-3-1-2-4-7(6)10-8/h1-3,5H,4H2. The second kappa shape index (κ2) is 2.27. The quantitative estimate of drug-likeness (QED) is 0.500. The van der Waals surface area contributed by atoms with Gasteiger partial charge in [0, 0.05) is 6.42 Å². The van der Waals surface area contributed by atoms with Gasteiger partial charge in [0.2, 0.25) is 0 Å². The highest BCUT2D eigenvalue weighted by Crippen LogP contribution is 2.13. The van der Waals surface area contributed by atoms with Crippen molar-refractivity contribution in [1.82, 2.24) is 0 Å². The van der Waals surface area contributed by atoms with E-state index in [1.54, 1.807) is 0 Å². The second-order valence-electron chi connectivity index (χ2n) is 2.34. The highest BCUT2D eigenvalue weighted by molar-refractivity contribution is 6.33. The number of hydrogen-bond donors (Lipinski definition) is 0. The maximum atomic E-state index is 10.7. The van der Waals surface area contributed by atoms with Crippen molar-refractivity contribution in [2.45, 2.75) is 6.42 Å². The lowest BCUT2D eigenvalue weighted by molar-refractivity contribution is -0.111. The van der Waals surface area contributed by atoms with Gasteiger partial charge in [-0.25, -0.2) is 9.98 Å². The van der Waals surface area contributed by atoms with Crippen LogP contribution in [0.2, 0.25) is 0 Å². The molecule has 1 amide bonds. The Balaban J connectivity index is 2.44. The van der Waals surface area contributed by atoms with Crippen LogP contribution in [-0.2, 0) is 4.79 Å². The van der Waals surface area contributed by atoms with Crippen LogP contribution in [0.15, 0.2) is 33.9 Å². The Hall–Kier alpha value is -1.51. The zero-order valence-electron chi connectivity index (χ0n) is 5.82. The lowest BCUT2D eigenvalue weighted by Gasteiger charge is -2.09. The van der Waals surface area contributed by atoms with Crippen LogP contribution in [0.3, 0.4) is 0 Å². The third-order valence-electron chi connectivity index (χ3n) is 1.56. The van der Waals surface area contributed by atoms with Gasteiger partial charge in [0.05, 0.1) is 17.6 Å². The zero-order valence-corrected chi connectivity index (χ0v) is 5.82. The minimum Gasteiger partial charge on any atom is -0.266 e. The first-order chi connectivity index (χ1) is 5.36. The van der Waals surface area contributed by atoms with Gasteiger partial charge in [-0.2, -0.15) is 0 Å². The summed E-state index contributed by atoms with van der Waals surface area (Å²) in [5, 5.41) is 0. The van der Waals surface area contributed by atoms with E-state index in [-0.39, 0.29) is 5.91 Å². The van der Waals surface area contributed by atoms with Crippen LogP contribution >= 0.6 is 0 Å². The fourth-order valence-electron chi connectivity index (χ4n) is 1.05. The minimum absolute atomic E-state index is 0.257. The molecular weight excluding hydrogens is 140 g/mol. The normalized spacial score (nSPS) is 20.9. The predicted molar refractivity (Wildman–Crippen MR) is 42.8 cm³/mol. The molecule has 0 aromatic carbocycles. The Morgan fingerprint density at radius 3 is 3.27 bits per heavy atom. The first kappa shape index (κ1) is 6.22. The van der Waals surface area contributed by atoms with Crippen molar-refractivity contribution < 1.29 is 4.79 Å². The molecule has 0 aromatic heterocycles. The Kier molecular flexibility index (Phi) is 1.28. The van der Waals surface area contributed by atoms with Gasteiger partial charge in [-0.1, -0.05) is 12.2 Å². The number of rotatable bonds is 0. The van der Waals surface area contributed by atoms with E-state index in [1.165, 1.54) is 6.21 Å². The fraction of sp³-hybridized carbons (Fsp3) is 0.125. The average molecular weight is 146 g/mol. The summed E-state index contributed by atoms with van der Waals surface area (Å²) in [5.41, 5.74) is 1.59. The molecule has 2 rings (SSSR count). The van der Waals surface area contributed by atoms with Crippen LogP contribution in [0.25, 0.3) is 0 Å². The molecule has 0 bridgehead atoms. The van der Waals surface area contributed by atoms with Gasteiger partial charge in [0.1, 0.15) is 0 Å². The third kappa shape index (κ3) is 1.05. The number of hydrogen-bond acceptors (Lipinski definition) is 2. The second-order valence-corrected chi connectivity index (χ2v) is 2.34. The monoisotopic (exact) mass is 146 g/mol. The summed E-state index contributed by atoms with van der Waals surface area (Å²) >= 11 is 0. The predicted octanol–water partition coefficient (Wildman–Crippen LogP) is 0.882. The molecule has 1 aliphatic heterocycles.